The summed E-state index contributed by atoms with van der Waals surface area (Å²) < 4.78 is 48.5. The molecule has 1 saturated heterocycles. The maximum absolute atomic E-state index is 13.9. The van der Waals surface area contributed by atoms with Crippen molar-refractivity contribution in [2.45, 2.75) is 19.3 Å². The fraction of sp³-hybridized carbons (Fsp3) is 0.290. The first kappa shape index (κ1) is 29.8. The second-order valence-corrected chi connectivity index (χ2v) is 16.2. The summed E-state index contributed by atoms with van der Waals surface area (Å²) in [5.41, 5.74) is 2.01. The van der Waals surface area contributed by atoms with Crippen LogP contribution in [-0.2, 0) is 19.6 Å². The molecule has 3 N–H and O–H groups in total. The molecule has 6 rings (SSSR count). The van der Waals surface area contributed by atoms with Crippen molar-refractivity contribution in [1.82, 2.24) is 9.62 Å². The molecule has 1 atom stereocenters. The zero-order valence-electron chi connectivity index (χ0n) is 23.7. The second kappa shape index (κ2) is 12.0. The molecule has 0 radical (unpaired) electrons. The number of hydrogen-bond acceptors (Lipinski definition) is 7. The van der Waals surface area contributed by atoms with Crippen molar-refractivity contribution in [3.05, 3.63) is 80.8 Å². The van der Waals surface area contributed by atoms with Gasteiger partial charge in [-0.2, -0.15) is 0 Å². The predicted octanol–water partition coefficient (Wildman–Crippen LogP) is 2.65. The van der Waals surface area contributed by atoms with Crippen LogP contribution in [0.15, 0.2) is 61.2 Å². The number of hydrogen-bond donors (Lipinski definition) is 3. The minimum atomic E-state index is -4.01. The molecule has 3 aliphatic heterocycles. The zero-order chi connectivity index (χ0) is 30.3. The Morgan fingerprint density at radius 1 is 1.23 bits per heavy atom. The van der Waals surface area contributed by atoms with Crippen molar-refractivity contribution in [2.24, 2.45) is 5.92 Å². The number of nitrogens with zero attached hydrogens (tertiary/aromatic N) is 2. The van der Waals surface area contributed by atoms with Gasteiger partial charge in [-0.3, -0.25) is 4.79 Å². The summed E-state index contributed by atoms with van der Waals surface area (Å²) in [7, 11) is -2.35. The summed E-state index contributed by atoms with van der Waals surface area (Å²) >= 11 is -2.58. The van der Waals surface area contributed by atoms with Gasteiger partial charge >= 0.3 is 201 Å². The van der Waals surface area contributed by atoms with Crippen molar-refractivity contribution in [3.8, 4) is 0 Å². The number of carbonyl (C=O) groups excluding carboxylic acids is 2. The Kier molecular flexibility index (Phi) is 8.31. The molecule has 1 fully saturated rings. The van der Waals surface area contributed by atoms with Gasteiger partial charge in [0.2, 0.25) is 0 Å². The van der Waals surface area contributed by atoms with Crippen LogP contribution in [-0.4, -0.2) is 61.3 Å². The third-order valence-corrected chi connectivity index (χ3v) is 14.1. The number of anilines is 2. The first-order chi connectivity index (χ1) is 20.8. The van der Waals surface area contributed by atoms with Gasteiger partial charge in [0.1, 0.15) is 0 Å². The van der Waals surface area contributed by atoms with E-state index in [2.05, 4.69) is 20.3 Å². The number of methoxy groups -OCH3 is 1. The number of fused-ring (bicyclic) bond motifs is 1. The quantitative estimate of drug-likeness (QED) is 0.177. The number of nitrogens with one attached hydrogen (secondary N) is 2. The van der Waals surface area contributed by atoms with E-state index in [0.717, 1.165) is 26.5 Å². The van der Waals surface area contributed by atoms with Gasteiger partial charge in [-0.05, 0) is 6.07 Å². The van der Waals surface area contributed by atoms with E-state index in [1.54, 1.807) is 25.3 Å². The molecular weight excluding hydrogens is 683 g/mol. The number of carbonyl (C=O) groups is 2. The summed E-state index contributed by atoms with van der Waals surface area (Å²) in [5, 5.41) is 8.41. The maximum atomic E-state index is 13.9. The van der Waals surface area contributed by atoms with E-state index in [0.29, 0.717) is 47.7 Å². The van der Waals surface area contributed by atoms with Gasteiger partial charge in [0.15, 0.2) is 0 Å². The summed E-state index contributed by atoms with van der Waals surface area (Å²) in [6, 6.07) is 14.6. The molecule has 10 nitrogen and oxygen atoms in total. The molecule has 226 valence electrons. The molecule has 0 bridgehead atoms. The number of amides is 2. The molecule has 0 aromatic heterocycles. The summed E-state index contributed by atoms with van der Waals surface area (Å²) in [4.78, 5) is 25.8. The predicted molar refractivity (Wildman–Crippen MR) is 176 cm³/mol. The number of sulfonamides is 1. The molecule has 1 unspecified atom stereocenters. The first-order valence-corrected chi connectivity index (χ1v) is 18.5. The minimum absolute atomic E-state index is 0.00368. The average molecular weight is 717 g/mol. The van der Waals surface area contributed by atoms with Crippen molar-refractivity contribution in [1.29, 1.82) is 0 Å². The molecular formula is C31H33IN4O6S. The number of rotatable bonds is 9. The monoisotopic (exact) mass is 716 g/mol. The van der Waals surface area contributed by atoms with Gasteiger partial charge in [-0.25, -0.2) is 0 Å². The van der Waals surface area contributed by atoms with Gasteiger partial charge in [-0.15, -0.1) is 0 Å². The summed E-state index contributed by atoms with van der Waals surface area (Å²) in [5.74, 6) is -1.09. The van der Waals surface area contributed by atoms with Crippen LogP contribution in [0.1, 0.15) is 29.6 Å². The number of halogens is 1. The van der Waals surface area contributed by atoms with Gasteiger partial charge in [-0.1, -0.05) is 18.7 Å². The SMILES string of the molecule is C=C/C(=c1/cccc2c1=CNC2=O)S(=O)(=O)N1CCCC(C(=O)Nc2ccc3c4c(cccc24)I(O)N3CCCOC)C1. The molecule has 12 heteroatoms. The van der Waals surface area contributed by atoms with Crippen LogP contribution in [0.2, 0.25) is 0 Å². The Morgan fingerprint density at radius 2 is 2.05 bits per heavy atom. The summed E-state index contributed by atoms with van der Waals surface area (Å²) in [6.45, 7) is 5.38. The molecule has 2 amide bonds. The van der Waals surface area contributed by atoms with E-state index in [1.165, 1.54) is 16.6 Å². The number of ether oxygens (including phenoxy) is 1. The van der Waals surface area contributed by atoms with Crippen LogP contribution in [0.3, 0.4) is 0 Å². The Morgan fingerprint density at radius 3 is 2.84 bits per heavy atom. The van der Waals surface area contributed by atoms with Crippen molar-refractivity contribution < 1.29 is 26.2 Å². The van der Waals surface area contributed by atoms with Gasteiger partial charge in [0.05, 0.1) is 0 Å². The molecule has 3 aliphatic rings. The summed E-state index contributed by atoms with van der Waals surface area (Å²) in [6.07, 6.45) is 4.69. The first-order valence-electron chi connectivity index (χ1n) is 14.1. The Bertz CT molecular complexity index is 1880. The molecule has 0 spiro atoms. The van der Waals surface area contributed by atoms with Crippen LogP contribution in [0, 0.1) is 9.49 Å². The molecule has 0 saturated carbocycles. The van der Waals surface area contributed by atoms with E-state index in [9.17, 15) is 21.4 Å². The molecule has 3 aromatic carbocycles. The second-order valence-electron chi connectivity index (χ2n) is 10.6. The van der Waals surface area contributed by atoms with E-state index in [1.807, 2.05) is 30.3 Å². The zero-order valence-corrected chi connectivity index (χ0v) is 26.7. The molecule has 3 heterocycles. The molecule has 0 aliphatic carbocycles. The van der Waals surface area contributed by atoms with E-state index < -0.39 is 36.4 Å². The average Bonchev–Trinajstić information content (AvgIpc) is 3.53. The van der Waals surface area contributed by atoms with Crippen LogP contribution < -0.4 is 24.2 Å². The Hall–Kier alpha value is -3.30. The standard InChI is InChI=1S/C31H33IN4O6S/c1-3-28(21-9-4-10-22-24(21)18-33-31(22)38)43(40,41)35-15-6-8-20(19-35)30(37)34-26-13-14-27-29-23(26)11-5-12-25(29)32(39)36(27)16-7-17-42-2/h3-5,9-14,18,20,39H,1,6-8,15-17,19H2,2H3,(H,33,38)(H,34,37)/b28-21+. The van der Waals surface area contributed by atoms with E-state index in [4.69, 9.17) is 4.74 Å². The van der Waals surface area contributed by atoms with E-state index in [-0.39, 0.29) is 29.8 Å². The Labute approximate surface area is 258 Å². The number of piperidine rings is 1. The van der Waals surface area contributed by atoms with Crippen LogP contribution in [0.4, 0.5) is 11.4 Å². The fourth-order valence-electron chi connectivity index (χ4n) is 5.99. The van der Waals surface area contributed by atoms with Crippen LogP contribution in [0.25, 0.3) is 21.9 Å². The topological polar surface area (TPSA) is 128 Å². The van der Waals surface area contributed by atoms with Crippen molar-refractivity contribution in [3.63, 3.8) is 0 Å². The number of benzene rings is 3. The van der Waals surface area contributed by atoms with Crippen LogP contribution >= 0.6 is 20.5 Å². The van der Waals surface area contributed by atoms with E-state index >= 15 is 0 Å². The normalized spacial score (nSPS) is 19.6. The molecule has 43 heavy (non-hydrogen) atoms. The Balaban J connectivity index is 1.26. The molecule has 3 aromatic rings. The third kappa shape index (κ3) is 5.24. The van der Waals surface area contributed by atoms with Gasteiger partial charge in [0, 0.05) is 17.0 Å². The van der Waals surface area contributed by atoms with Gasteiger partial charge in [0.25, 0.3) is 5.91 Å². The van der Waals surface area contributed by atoms with Crippen LogP contribution in [0.5, 0.6) is 0 Å². The fourth-order valence-corrected chi connectivity index (χ4v) is 11.6. The van der Waals surface area contributed by atoms with Crippen molar-refractivity contribution in [2.75, 3.05) is 41.8 Å². The third-order valence-electron chi connectivity index (χ3n) is 8.09. The van der Waals surface area contributed by atoms with Gasteiger partial charge < -0.3 is 5.32 Å². The van der Waals surface area contributed by atoms with Crippen molar-refractivity contribution >= 4 is 75.6 Å².